The van der Waals surface area contributed by atoms with Gasteiger partial charge in [0.15, 0.2) is 11.5 Å². The van der Waals surface area contributed by atoms with Gasteiger partial charge in [-0.25, -0.2) is 4.39 Å². The van der Waals surface area contributed by atoms with Crippen LogP contribution in [-0.4, -0.2) is 13.0 Å². The van der Waals surface area contributed by atoms with Gasteiger partial charge in [0, 0.05) is 29.9 Å². The summed E-state index contributed by atoms with van der Waals surface area (Å²) < 4.78 is 26.1. The average Bonchev–Trinajstić information content (AvgIpc) is 2.77. The fourth-order valence-corrected chi connectivity index (χ4v) is 4.15. The van der Waals surface area contributed by atoms with Gasteiger partial charge >= 0.3 is 0 Å². The Bertz CT molecular complexity index is 1140. The van der Waals surface area contributed by atoms with Crippen molar-refractivity contribution < 1.29 is 18.7 Å². The van der Waals surface area contributed by atoms with E-state index in [1.165, 1.54) is 6.07 Å². The second-order valence-electron chi connectivity index (χ2n) is 8.18. The van der Waals surface area contributed by atoms with Gasteiger partial charge in [0.2, 0.25) is 5.91 Å². The molecule has 0 aromatic heterocycles. The van der Waals surface area contributed by atoms with Crippen molar-refractivity contribution in [3.8, 4) is 11.5 Å². The number of rotatable bonds is 10. The van der Waals surface area contributed by atoms with E-state index in [-0.39, 0.29) is 18.1 Å². The second kappa shape index (κ2) is 12.1. The zero-order chi connectivity index (χ0) is 24.7. The van der Waals surface area contributed by atoms with Gasteiger partial charge in [-0.2, -0.15) is 0 Å². The molecule has 0 saturated carbocycles. The van der Waals surface area contributed by atoms with Crippen LogP contribution in [0.2, 0.25) is 5.02 Å². The van der Waals surface area contributed by atoms with E-state index in [2.05, 4.69) is 26.6 Å². The molecule has 2 N–H and O–H groups in total. The van der Waals surface area contributed by atoms with E-state index in [4.69, 9.17) is 21.1 Å². The van der Waals surface area contributed by atoms with Crippen LogP contribution >= 0.6 is 27.5 Å². The van der Waals surface area contributed by atoms with Crippen LogP contribution in [0.1, 0.15) is 31.4 Å². The van der Waals surface area contributed by atoms with Crippen LogP contribution < -0.4 is 20.1 Å². The number of carbonyl (C=O) groups is 1. The molecule has 0 aliphatic carbocycles. The highest BCUT2D eigenvalue weighted by atomic mass is 79.9. The molecule has 3 rings (SSSR count). The maximum Gasteiger partial charge on any atom is 0.224 e. The molecule has 3 aromatic rings. The Hall–Kier alpha value is -2.77. The van der Waals surface area contributed by atoms with Gasteiger partial charge in [0.05, 0.1) is 16.6 Å². The van der Waals surface area contributed by atoms with Crippen molar-refractivity contribution in [1.29, 1.82) is 0 Å². The summed E-state index contributed by atoms with van der Waals surface area (Å²) in [5, 5.41) is 6.58. The molecule has 5 nitrogen and oxygen atoms in total. The largest absolute Gasteiger partial charge is 0.493 e. The summed E-state index contributed by atoms with van der Waals surface area (Å²) in [6, 6.07) is 15.8. The summed E-state index contributed by atoms with van der Waals surface area (Å²) in [6.45, 7) is 4.50. The zero-order valence-corrected chi connectivity index (χ0v) is 21.6. The number of benzene rings is 3. The maximum atomic E-state index is 14.1. The lowest BCUT2D eigenvalue weighted by Gasteiger charge is -2.16. The first-order valence-electron chi connectivity index (χ1n) is 10.8. The van der Waals surface area contributed by atoms with Crippen LogP contribution in [0.4, 0.5) is 15.8 Å². The Labute approximate surface area is 212 Å². The molecule has 0 heterocycles. The lowest BCUT2D eigenvalue weighted by molar-refractivity contribution is -0.116. The Morgan fingerprint density at radius 3 is 2.56 bits per heavy atom. The van der Waals surface area contributed by atoms with Crippen molar-refractivity contribution in [3.05, 3.63) is 81.0 Å². The van der Waals surface area contributed by atoms with Crippen LogP contribution in [0.15, 0.2) is 59.1 Å². The maximum absolute atomic E-state index is 14.1. The van der Waals surface area contributed by atoms with Crippen molar-refractivity contribution in [2.45, 2.75) is 33.4 Å². The molecule has 0 spiro atoms. The van der Waals surface area contributed by atoms with Gasteiger partial charge in [-0.1, -0.05) is 37.6 Å². The van der Waals surface area contributed by atoms with E-state index in [0.717, 1.165) is 16.9 Å². The lowest BCUT2D eigenvalue weighted by atomic mass is 10.1. The molecule has 0 bridgehead atoms. The van der Waals surface area contributed by atoms with Crippen molar-refractivity contribution in [3.63, 3.8) is 0 Å². The summed E-state index contributed by atoms with van der Waals surface area (Å²) >= 11 is 9.63. The summed E-state index contributed by atoms with van der Waals surface area (Å²) in [5.74, 6) is 0.832. The molecule has 0 atom stereocenters. The van der Waals surface area contributed by atoms with Crippen LogP contribution in [0, 0.1) is 11.7 Å². The minimum Gasteiger partial charge on any atom is -0.493 e. The molecule has 0 unspecified atom stereocenters. The number of nitrogens with one attached hydrogen (secondary N) is 2. The fraction of sp³-hybridized carbons (Fsp3) is 0.269. The quantitative estimate of drug-likeness (QED) is 0.276. The topological polar surface area (TPSA) is 59.6 Å². The standard InChI is InChI=1S/C26H27BrClFN2O3/c1-16(2)10-25(32)31-19-7-4-6-18(13-19)30-14-17-11-21(27)26(24(12-17)33-3)34-15-20-22(28)8-5-9-23(20)29/h4-9,11-13,16,30H,10,14-15H2,1-3H3,(H,31,32). The number of methoxy groups -OCH3 is 1. The normalized spacial score (nSPS) is 10.8. The highest BCUT2D eigenvalue weighted by Gasteiger charge is 2.15. The molecule has 0 fully saturated rings. The van der Waals surface area contributed by atoms with E-state index in [9.17, 15) is 9.18 Å². The summed E-state index contributed by atoms with van der Waals surface area (Å²) in [4.78, 5) is 12.0. The fourth-order valence-electron chi connectivity index (χ4n) is 3.32. The number of halogens is 3. The summed E-state index contributed by atoms with van der Waals surface area (Å²) in [7, 11) is 1.55. The van der Waals surface area contributed by atoms with E-state index in [1.807, 2.05) is 50.2 Å². The Morgan fingerprint density at radius 1 is 1.12 bits per heavy atom. The molecular formula is C26H27BrClFN2O3. The molecular weight excluding hydrogens is 523 g/mol. The third-order valence-electron chi connectivity index (χ3n) is 4.95. The molecule has 0 saturated heterocycles. The second-order valence-corrected chi connectivity index (χ2v) is 9.44. The van der Waals surface area contributed by atoms with E-state index < -0.39 is 5.82 Å². The molecule has 3 aromatic carbocycles. The highest BCUT2D eigenvalue weighted by molar-refractivity contribution is 9.10. The lowest BCUT2D eigenvalue weighted by Crippen LogP contribution is -2.13. The Kier molecular flexibility index (Phi) is 9.19. The van der Waals surface area contributed by atoms with Gasteiger partial charge in [-0.3, -0.25) is 4.79 Å². The molecule has 34 heavy (non-hydrogen) atoms. The van der Waals surface area contributed by atoms with Gasteiger partial charge < -0.3 is 20.1 Å². The van der Waals surface area contributed by atoms with Crippen LogP contribution in [0.25, 0.3) is 0 Å². The monoisotopic (exact) mass is 548 g/mol. The predicted molar refractivity (Wildman–Crippen MR) is 138 cm³/mol. The zero-order valence-electron chi connectivity index (χ0n) is 19.3. The minimum atomic E-state index is -0.425. The van der Waals surface area contributed by atoms with Crippen molar-refractivity contribution in [2.24, 2.45) is 5.92 Å². The number of ether oxygens (including phenoxy) is 2. The van der Waals surface area contributed by atoms with Crippen molar-refractivity contribution in [1.82, 2.24) is 0 Å². The SMILES string of the molecule is COc1cc(CNc2cccc(NC(=O)CC(C)C)c2)cc(Br)c1OCc1c(F)cccc1Cl. The van der Waals surface area contributed by atoms with Gasteiger partial charge in [0.1, 0.15) is 12.4 Å². The first kappa shape index (κ1) is 25.8. The molecule has 0 aliphatic rings. The van der Waals surface area contributed by atoms with Crippen molar-refractivity contribution >= 4 is 44.8 Å². The van der Waals surface area contributed by atoms with E-state index in [0.29, 0.717) is 39.9 Å². The number of anilines is 2. The van der Waals surface area contributed by atoms with E-state index in [1.54, 1.807) is 19.2 Å². The number of carbonyl (C=O) groups excluding carboxylic acids is 1. The molecule has 1 amide bonds. The number of amides is 1. The first-order chi connectivity index (χ1) is 16.3. The smallest absolute Gasteiger partial charge is 0.224 e. The van der Waals surface area contributed by atoms with Gasteiger partial charge in [-0.05, 0) is 69.9 Å². The third-order valence-corrected chi connectivity index (χ3v) is 5.89. The summed E-state index contributed by atoms with van der Waals surface area (Å²) in [5.41, 5.74) is 2.83. The van der Waals surface area contributed by atoms with Gasteiger partial charge in [-0.15, -0.1) is 0 Å². The first-order valence-corrected chi connectivity index (χ1v) is 12.0. The van der Waals surface area contributed by atoms with Gasteiger partial charge in [0.25, 0.3) is 0 Å². The van der Waals surface area contributed by atoms with Crippen LogP contribution in [0.5, 0.6) is 11.5 Å². The molecule has 8 heteroatoms. The Balaban J connectivity index is 1.68. The predicted octanol–water partition coefficient (Wildman–Crippen LogP) is 7.43. The molecule has 180 valence electrons. The Morgan fingerprint density at radius 2 is 1.85 bits per heavy atom. The molecule has 0 aliphatic heterocycles. The molecule has 0 radical (unpaired) electrons. The van der Waals surface area contributed by atoms with Crippen LogP contribution in [0.3, 0.4) is 0 Å². The van der Waals surface area contributed by atoms with Crippen LogP contribution in [-0.2, 0) is 17.9 Å². The number of hydrogen-bond donors (Lipinski definition) is 2. The number of hydrogen-bond acceptors (Lipinski definition) is 4. The third kappa shape index (κ3) is 7.11. The van der Waals surface area contributed by atoms with E-state index >= 15 is 0 Å². The summed E-state index contributed by atoms with van der Waals surface area (Å²) in [6.07, 6.45) is 0.475. The van der Waals surface area contributed by atoms with Crippen molar-refractivity contribution in [2.75, 3.05) is 17.7 Å². The average molecular weight is 550 g/mol. The minimum absolute atomic E-state index is 0.00641. The highest BCUT2D eigenvalue weighted by Crippen LogP contribution is 2.38.